The van der Waals surface area contributed by atoms with Crippen molar-refractivity contribution in [3.05, 3.63) is 0 Å². The van der Waals surface area contributed by atoms with Crippen molar-refractivity contribution < 1.29 is 28.7 Å². The zero-order chi connectivity index (χ0) is 20.3. The van der Waals surface area contributed by atoms with Gasteiger partial charge in [-0.15, -0.1) is 0 Å². The van der Waals surface area contributed by atoms with Gasteiger partial charge in [-0.2, -0.15) is 0 Å². The predicted molar refractivity (Wildman–Crippen MR) is 102 cm³/mol. The van der Waals surface area contributed by atoms with Gasteiger partial charge in [0.05, 0.1) is 42.1 Å². The van der Waals surface area contributed by atoms with Gasteiger partial charge < -0.3 is 23.9 Å². The van der Waals surface area contributed by atoms with Crippen molar-refractivity contribution >= 4 is 13.2 Å². The third kappa shape index (κ3) is 4.28. The van der Waals surface area contributed by atoms with E-state index in [1.54, 1.807) is 4.90 Å². The largest absolute Gasteiger partial charge is 0.460 e. The molecular formula is C19H34BNO6. The molecule has 0 saturated carbocycles. The van der Waals surface area contributed by atoms with Gasteiger partial charge in [0.2, 0.25) is 0 Å². The molecule has 3 heterocycles. The van der Waals surface area contributed by atoms with Crippen molar-refractivity contribution in [2.45, 2.75) is 102 Å². The van der Waals surface area contributed by atoms with Crippen LogP contribution in [0.25, 0.3) is 0 Å². The quantitative estimate of drug-likeness (QED) is 0.739. The van der Waals surface area contributed by atoms with E-state index in [1.807, 2.05) is 48.5 Å². The molecule has 7 nitrogen and oxygen atoms in total. The lowest BCUT2D eigenvalue weighted by molar-refractivity contribution is -0.133. The average Bonchev–Trinajstić information content (AvgIpc) is 2.62. The Hall–Kier alpha value is -0.825. The Morgan fingerprint density at radius 1 is 1.11 bits per heavy atom. The molecule has 0 aromatic heterocycles. The maximum absolute atomic E-state index is 12.7. The van der Waals surface area contributed by atoms with Crippen LogP contribution in [0.4, 0.5) is 4.79 Å². The lowest BCUT2D eigenvalue weighted by Gasteiger charge is -2.51. The highest BCUT2D eigenvalue weighted by atomic mass is 16.7. The minimum absolute atomic E-state index is 0.209. The molecular weight excluding hydrogens is 349 g/mol. The van der Waals surface area contributed by atoms with E-state index >= 15 is 0 Å². The fraction of sp³-hybridized carbons (Fsp3) is 0.947. The second-order valence-electron chi connectivity index (χ2n) is 10.3. The lowest BCUT2D eigenvalue weighted by Crippen LogP contribution is -2.64. The maximum Gasteiger partial charge on any atom is 0.460 e. The normalized spacial score (nSPS) is 35.3. The van der Waals surface area contributed by atoms with E-state index < -0.39 is 29.5 Å². The number of piperidine rings is 1. The minimum Gasteiger partial charge on any atom is -0.444 e. The van der Waals surface area contributed by atoms with Crippen LogP contribution in [0.1, 0.15) is 61.3 Å². The number of carbonyl (C=O) groups excluding carboxylic acids is 1. The van der Waals surface area contributed by atoms with Crippen LogP contribution >= 0.6 is 0 Å². The van der Waals surface area contributed by atoms with Gasteiger partial charge in [0.25, 0.3) is 0 Å². The number of amides is 1. The molecule has 0 aromatic rings. The summed E-state index contributed by atoms with van der Waals surface area (Å²) in [5.74, 6) is 0. The number of nitrogens with zero attached hydrogens (tertiary/aromatic N) is 1. The smallest absolute Gasteiger partial charge is 0.444 e. The Balaban J connectivity index is 1.70. The standard InChI is InChI=1S/C19H34BNO6/c1-16(2,3)25-15(22)21-13-8-19(23,9-14(21)11-24-10-13)12-20-26-17(4,5)18(6,7)27-20/h13-14,23H,8-12H2,1-7H3. The van der Waals surface area contributed by atoms with Crippen LogP contribution in [0.5, 0.6) is 0 Å². The number of aliphatic hydroxyl groups is 1. The summed E-state index contributed by atoms with van der Waals surface area (Å²) < 4.78 is 23.4. The molecule has 3 rings (SSSR count). The zero-order valence-electron chi connectivity index (χ0n) is 17.7. The molecule has 2 unspecified atom stereocenters. The van der Waals surface area contributed by atoms with Crippen molar-refractivity contribution in [3.63, 3.8) is 0 Å². The monoisotopic (exact) mass is 383 g/mol. The van der Waals surface area contributed by atoms with Crippen molar-refractivity contribution in [3.8, 4) is 0 Å². The van der Waals surface area contributed by atoms with Gasteiger partial charge in [-0.3, -0.25) is 4.90 Å². The van der Waals surface area contributed by atoms with E-state index in [2.05, 4.69) is 0 Å². The maximum atomic E-state index is 12.7. The van der Waals surface area contributed by atoms with Gasteiger partial charge in [0.1, 0.15) is 5.60 Å². The van der Waals surface area contributed by atoms with E-state index in [0.717, 1.165) is 0 Å². The predicted octanol–water partition coefficient (Wildman–Crippen LogP) is 2.61. The molecule has 3 aliphatic rings. The van der Waals surface area contributed by atoms with Gasteiger partial charge in [-0.1, -0.05) is 0 Å². The highest BCUT2D eigenvalue weighted by molar-refractivity contribution is 6.45. The molecule has 0 aromatic carbocycles. The summed E-state index contributed by atoms with van der Waals surface area (Å²) in [7, 11) is -0.463. The molecule has 2 bridgehead atoms. The topological polar surface area (TPSA) is 77.5 Å². The average molecular weight is 383 g/mol. The van der Waals surface area contributed by atoms with Crippen LogP contribution in [-0.4, -0.2) is 70.9 Å². The zero-order valence-corrected chi connectivity index (χ0v) is 17.7. The summed E-state index contributed by atoms with van der Waals surface area (Å²) in [5.41, 5.74) is -2.37. The molecule has 3 aliphatic heterocycles. The molecule has 1 amide bonds. The molecule has 154 valence electrons. The summed E-state index contributed by atoms with van der Waals surface area (Å²) >= 11 is 0. The first kappa shape index (κ1) is 20.9. The van der Waals surface area contributed by atoms with Crippen molar-refractivity contribution in [1.82, 2.24) is 4.90 Å². The Morgan fingerprint density at radius 3 is 2.04 bits per heavy atom. The van der Waals surface area contributed by atoms with Gasteiger partial charge >= 0.3 is 13.2 Å². The van der Waals surface area contributed by atoms with E-state index in [1.165, 1.54) is 0 Å². The van der Waals surface area contributed by atoms with Crippen LogP contribution in [0, 0.1) is 0 Å². The van der Waals surface area contributed by atoms with E-state index in [0.29, 0.717) is 32.4 Å². The number of hydrogen-bond acceptors (Lipinski definition) is 6. The molecule has 0 aliphatic carbocycles. The second kappa shape index (κ2) is 6.61. The minimum atomic E-state index is -0.960. The number of carbonyl (C=O) groups is 1. The van der Waals surface area contributed by atoms with Gasteiger partial charge in [-0.05, 0) is 61.3 Å². The highest BCUT2D eigenvalue weighted by Gasteiger charge is 2.56. The molecule has 27 heavy (non-hydrogen) atoms. The first-order valence-corrected chi connectivity index (χ1v) is 9.88. The van der Waals surface area contributed by atoms with Gasteiger partial charge in [0, 0.05) is 6.32 Å². The van der Waals surface area contributed by atoms with Crippen LogP contribution in [0.15, 0.2) is 0 Å². The van der Waals surface area contributed by atoms with Crippen molar-refractivity contribution in [2.75, 3.05) is 13.2 Å². The molecule has 3 fully saturated rings. The highest BCUT2D eigenvalue weighted by Crippen LogP contribution is 2.43. The first-order chi connectivity index (χ1) is 12.2. The summed E-state index contributed by atoms with van der Waals surface area (Å²) in [6.07, 6.45) is 0.896. The molecule has 0 radical (unpaired) electrons. The number of morpholine rings is 1. The molecule has 1 N–H and O–H groups in total. The van der Waals surface area contributed by atoms with E-state index in [4.69, 9.17) is 18.8 Å². The third-order valence-corrected chi connectivity index (χ3v) is 6.09. The fourth-order valence-electron chi connectivity index (χ4n) is 4.21. The number of hydrogen-bond donors (Lipinski definition) is 1. The van der Waals surface area contributed by atoms with Crippen LogP contribution in [0.3, 0.4) is 0 Å². The van der Waals surface area contributed by atoms with E-state index in [-0.39, 0.29) is 18.2 Å². The number of ether oxygens (including phenoxy) is 2. The van der Waals surface area contributed by atoms with Crippen LogP contribution < -0.4 is 0 Å². The van der Waals surface area contributed by atoms with E-state index in [9.17, 15) is 9.90 Å². The van der Waals surface area contributed by atoms with Crippen molar-refractivity contribution in [1.29, 1.82) is 0 Å². The fourth-order valence-corrected chi connectivity index (χ4v) is 4.21. The number of fused-ring (bicyclic) bond motifs is 2. The van der Waals surface area contributed by atoms with Gasteiger partial charge in [0.15, 0.2) is 0 Å². The summed E-state index contributed by atoms with van der Waals surface area (Å²) in [6, 6.07) is -0.417. The summed E-state index contributed by atoms with van der Waals surface area (Å²) in [4.78, 5) is 14.4. The molecule has 2 atom stereocenters. The summed E-state index contributed by atoms with van der Waals surface area (Å²) in [6.45, 7) is 14.4. The second-order valence-corrected chi connectivity index (χ2v) is 10.3. The van der Waals surface area contributed by atoms with Gasteiger partial charge in [-0.25, -0.2) is 4.79 Å². The Kier molecular flexibility index (Phi) is 5.12. The lowest BCUT2D eigenvalue weighted by atomic mass is 9.67. The molecule has 3 saturated heterocycles. The SMILES string of the molecule is CC(C)(C)OC(=O)N1C2COCC1CC(O)(CB1OC(C)(C)C(C)(C)O1)C2. The first-order valence-electron chi connectivity index (χ1n) is 9.88. The van der Waals surface area contributed by atoms with Crippen LogP contribution in [-0.2, 0) is 18.8 Å². The van der Waals surface area contributed by atoms with Crippen LogP contribution in [0.2, 0.25) is 6.32 Å². The third-order valence-electron chi connectivity index (χ3n) is 6.09. The summed E-state index contributed by atoms with van der Waals surface area (Å²) in [5, 5.41) is 11.3. The molecule has 0 spiro atoms. The molecule has 8 heteroatoms. The Morgan fingerprint density at radius 2 is 1.59 bits per heavy atom. The number of rotatable bonds is 2. The Labute approximate surface area is 162 Å². The van der Waals surface area contributed by atoms with Crippen molar-refractivity contribution in [2.24, 2.45) is 0 Å². The Bertz CT molecular complexity index is 557.